The summed E-state index contributed by atoms with van der Waals surface area (Å²) < 4.78 is 1.78. The zero-order chi connectivity index (χ0) is 14.6. The summed E-state index contributed by atoms with van der Waals surface area (Å²) in [6.07, 6.45) is 2.67. The first kappa shape index (κ1) is 12.6. The molecule has 0 amide bonds. The fourth-order valence-electron chi connectivity index (χ4n) is 3.16. The average molecular weight is 287 g/mol. The molecule has 1 saturated heterocycles. The van der Waals surface area contributed by atoms with E-state index in [-0.39, 0.29) is 0 Å². The third-order valence-electron chi connectivity index (χ3n) is 4.55. The molecular formula is C14H17N5O2. The Morgan fingerprint density at radius 3 is 2.90 bits per heavy atom. The van der Waals surface area contributed by atoms with Gasteiger partial charge in [-0.1, -0.05) is 6.92 Å². The Bertz CT molecular complexity index is 712. The highest BCUT2D eigenvalue weighted by Crippen LogP contribution is 2.45. The minimum atomic E-state index is -0.783. The summed E-state index contributed by atoms with van der Waals surface area (Å²) in [7, 11) is 0. The van der Waals surface area contributed by atoms with Crippen LogP contribution in [0.5, 0.6) is 0 Å². The zero-order valence-electron chi connectivity index (χ0n) is 11.8. The van der Waals surface area contributed by atoms with Crippen molar-refractivity contribution in [3.8, 4) is 0 Å². The van der Waals surface area contributed by atoms with Crippen molar-refractivity contribution in [1.82, 2.24) is 19.8 Å². The molecule has 0 radical (unpaired) electrons. The molecule has 1 N–H and O–H groups in total. The summed E-state index contributed by atoms with van der Waals surface area (Å²) in [6.45, 7) is 2.92. The summed E-state index contributed by atoms with van der Waals surface area (Å²) in [6, 6.07) is 3.23. The SMILES string of the molecule is CC1CC1c1nnc2ccc(N3CCC[C@@H]3C(=O)O)nn12. The van der Waals surface area contributed by atoms with Crippen LogP contribution in [0.2, 0.25) is 0 Å². The fourth-order valence-corrected chi connectivity index (χ4v) is 3.16. The molecule has 7 nitrogen and oxygen atoms in total. The van der Waals surface area contributed by atoms with Gasteiger partial charge in [0, 0.05) is 12.5 Å². The van der Waals surface area contributed by atoms with Crippen LogP contribution in [-0.4, -0.2) is 43.5 Å². The van der Waals surface area contributed by atoms with Crippen LogP contribution in [0.15, 0.2) is 12.1 Å². The number of fused-ring (bicyclic) bond motifs is 1. The van der Waals surface area contributed by atoms with Gasteiger partial charge in [0.25, 0.3) is 0 Å². The molecule has 1 aliphatic carbocycles. The van der Waals surface area contributed by atoms with E-state index in [1.807, 2.05) is 17.0 Å². The minimum absolute atomic E-state index is 0.427. The van der Waals surface area contributed by atoms with E-state index in [4.69, 9.17) is 0 Å². The first-order chi connectivity index (χ1) is 10.1. The number of rotatable bonds is 3. The van der Waals surface area contributed by atoms with Gasteiger partial charge in [-0.25, -0.2) is 4.79 Å². The van der Waals surface area contributed by atoms with Crippen LogP contribution >= 0.6 is 0 Å². The predicted octanol–water partition coefficient (Wildman–Crippen LogP) is 1.30. The molecule has 2 aromatic rings. The normalized spacial score (nSPS) is 28.2. The van der Waals surface area contributed by atoms with E-state index >= 15 is 0 Å². The van der Waals surface area contributed by atoms with Crippen molar-refractivity contribution in [3.05, 3.63) is 18.0 Å². The smallest absolute Gasteiger partial charge is 0.326 e. The van der Waals surface area contributed by atoms with Gasteiger partial charge in [0.2, 0.25) is 0 Å². The number of hydrogen-bond acceptors (Lipinski definition) is 5. The molecule has 4 rings (SSSR count). The Hall–Kier alpha value is -2.18. The van der Waals surface area contributed by atoms with Crippen LogP contribution in [0, 0.1) is 5.92 Å². The number of aromatic nitrogens is 4. The molecule has 2 aliphatic rings. The Morgan fingerprint density at radius 2 is 2.19 bits per heavy atom. The number of anilines is 1. The molecule has 1 saturated carbocycles. The maximum atomic E-state index is 11.3. The van der Waals surface area contributed by atoms with E-state index in [0.29, 0.717) is 24.1 Å². The molecule has 2 unspecified atom stereocenters. The maximum Gasteiger partial charge on any atom is 0.326 e. The third kappa shape index (κ3) is 1.95. The lowest BCUT2D eigenvalue weighted by Gasteiger charge is -2.22. The third-order valence-corrected chi connectivity index (χ3v) is 4.55. The maximum absolute atomic E-state index is 11.3. The summed E-state index contributed by atoms with van der Waals surface area (Å²) in [5, 5.41) is 22.3. The fraction of sp³-hybridized carbons (Fsp3) is 0.571. The highest BCUT2D eigenvalue weighted by molar-refractivity contribution is 5.78. The first-order valence-electron chi connectivity index (χ1n) is 7.37. The van der Waals surface area contributed by atoms with Gasteiger partial charge in [-0.3, -0.25) is 0 Å². The van der Waals surface area contributed by atoms with E-state index in [9.17, 15) is 9.90 Å². The van der Waals surface area contributed by atoms with Crippen LogP contribution in [0.1, 0.15) is 37.9 Å². The van der Waals surface area contributed by atoms with Crippen molar-refractivity contribution >= 4 is 17.4 Å². The lowest BCUT2D eigenvalue weighted by molar-refractivity contribution is -0.138. The molecule has 1 aliphatic heterocycles. The van der Waals surface area contributed by atoms with Crippen molar-refractivity contribution in [3.63, 3.8) is 0 Å². The van der Waals surface area contributed by atoms with Crippen molar-refractivity contribution in [1.29, 1.82) is 0 Å². The molecule has 110 valence electrons. The summed E-state index contributed by atoms with van der Waals surface area (Å²) >= 11 is 0. The van der Waals surface area contributed by atoms with Crippen molar-refractivity contribution in [2.45, 2.75) is 38.1 Å². The molecule has 7 heteroatoms. The van der Waals surface area contributed by atoms with Crippen LogP contribution in [0.25, 0.3) is 5.65 Å². The number of aliphatic carboxylic acids is 1. The second-order valence-electron chi connectivity index (χ2n) is 6.03. The van der Waals surface area contributed by atoms with E-state index in [0.717, 1.165) is 30.9 Å². The Balaban J connectivity index is 1.74. The van der Waals surface area contributed by atoms with E-state index in [1.165, 1.54) is 0 Å². The van der Waals surface area contributed by atoms with Gasteiger partial charge in [0.1, 0.15) is 11.9 Å². The van der Waals surface area contributed by atoms with Gasteiger partial charge in [0.05, 0.1) is 0 Å². The monoisotopic (exact) mass is 287 g/mol. The summed E-state index contributed by atoms with van der Waals surface area (Å²) in [4.78, 5) is 13.2. The quantitative estimate of drug-likeness (QED) is 0.916. The second-order valence-corrected chi connectivity index (χ2v) is 6.03. The summed E-state index contributed by atoms with van der Waals surface area (Å²) in [5.74, 6) is 1.86. The van der Waals surface area contributed by atoms with Gasteiger partial charge in [-0.05, 0) is 37.3 Å². The first-order valence-corrected chi connectivity index (χ1v) is 7.37. The lowest BCUT2D eigenvalue weighted by atomic mass is 10.2. The molecule has 3 atom stereocenters. The van der Waals surface area contributed by atoms with Crippen molar-refractivity contribution in [2.75, 3.05) is 11.4 Å². The number of carboxylic acids is 1. The number of carboxylic acid groups (broad SMARTS) is 1. The number of carbonyl (C=O) groups is 1. The average Bonchev–Trinajstić information content (AvgIpc) is 2.94. The highest BCUT2D eigenvalue weighted by Gasteiger charge is 2.38. The molecule has 3 heterocycles. The number of nitrogens with zero attached hydrogens (tertiary/aromatic N) is 5. The Morgan fingerprint density at radius 1 is 1.38 bits per heavy atom. The standard InChI is InChI=1S/C14H17N5O2/c1-8-7-9(8)13-16-15-11-4-5-12(17-19(11)13)18-6-2-3-10(18)14(20)21/h4-5,8-10H,2-3,6-7H2,1H3,(H,20,21)/t8?,9?,10-/m1/s1. The van der Waals surface area contributed by atoms with E-state index in [2.05, 4.69) is 22.2 Å². The van der Waals surface area contributed by atoms with Crippen LogP contribution in [0.3, 0.4) is 0 Å². The summed E-state index contributed by atoms with van der Waals surface area (Å²) in [5.41, 5.74) is 0.721. The zero-order valence-corrected chi connectivity index (χ0v) is 11.8. The van der Waals surface area contributed by atoms with Gasteiger partial charge in [-0.2, -0.15) is 4.52 Å². The van der Waals surface area contributed by atoms with Gasteiger partial charge in [0.15, 0.2) is 11.5 Å². The van der Waals surface area contributed by atoms with Crippen molar-refractivity contribution in [2.24, 2.45) is 5.92 Å². The van der Waals surface area contributed by atoms with Gasteiger partial charge in [-0.15, -0.1) is 15.3 Å². The van der Waals surface area contributed by atoms with Crippen LogP contribution in [0.4, 0.5) is 5.82 Å². The topological polar surface area (TPSA) is 83.6 Å². The highest BCUT2D eigenvalue weighted by atomic mass is 16.4. The largest absolute Gasteiger partial charge is 0.480 e. The van der Waals surface area contributed by atoms with E-state index in [1.54, 1.807) is 4.52 Å². The lowest BCUT2D eigenvalue weighted by Crippen LogP contribution is -2.36. The molecule has 0 spiro atoms. The molecule has 0 aromatic carbocycles. The van der Waals surface area contributed by atoms with E-state index < -0.39 is 12.0 Å². The Kier molecular flexibility index (Phi) is 2.63. The second kappa shape index (κ2) is 4.41. The van der Waals surface area contributed by atoms with Crippen molar-refractivity contribution < 1.29 is 9.90 Å². The van der Waals surface area contributed by atoms with Gasteiger partial charge < -0.3 is 10.0 Å². The molecule has 21 heavy (non-hydrogen) atoms. The Labute approximate surface area is 121 Å². The van der Waals surface area contributed by atoms with Crippen LogP contribution < -0.4 is 4.90 Å². The molecule has 2 fully saturated rings. The molecule has 0 bridgehead atoms. The molecule has 2 aromatic heterocycles. The predicted molar refractivity (Wildman–Crippen MR) is 75.3 cm³/mol. The molecular weight excluding hydrogens is 270 g/mol. The van der Waals surface area contributed by atoms with Crippen LogP contribution in [-0.2, 0) is 4.79 Å². The minimum Gasteiger partial charge on any atom is -0.480 e. The van der Waals surface area contributed by atoms with Gasteiger partial charge >= 0.3 is 5.97 Å². The number of hydrogen-bond donors (Lipinski definition) is 1.